The highest BCUT2D eigenvalue weighted by molar-refractivity contribution is 6.15. The molecule has 0 aliphatic heterocycles. The van der Waals surface area contributed by atoms with E-state index in [2.05, 4.69) is 0 Å². The van der Waals surface area contributed by atoms with Gasteiger partial charge in [-0.25, -0.2) is 4.79 Å². The second kappa shape index (κ2) is 7.07. The van der Waals surface area contributed by atoms with E-state index in [0.29, 0.717) is 31.4 Å². The summed E-state index contributed by atoms with van der Waals surface area (Å²) in [5.41, 5.74) is -4.80. The van der Waals surface area contributed by atoms with E-state index in [1.165, 1.54) is 0 Å². The minimum absolute atomic E-state index is 0.0260. The molecule has 1 aromatic carbocycles. The van der Waals surface area contributed by atoms with Crippen molar-refractivity contribution in [3.8, 4) is 0 Å². The van der Waals surface area contributed by atoms with Gasteiger partial charge < -0.3 is 4.74 Å². The summed E-state index contributed by atoms with van der Waals surface area (Å²) in [6.45, 7) is 3.55. The van der Waals surface area contributed by atoms with Gasteiger partial charge in [0.25, 0.3) is 0 Å². The van der Waals surface area contributed by atoms with E-state index < -0.39 is 40.5 Å². The van der Waals surface area contributed by atoms with E-state index >= 15 is 0 Å². The van der Waals surface area contributed by atoms with Crippen molar-refractivity contribution in [1.29, 1.82) is 0 Å². The molecule has 0 heterocycles. The topological polar surface area (TPSA) is 26.3 Å². The van der Waals surface area contributed by atoms with E-state index in [9.17, 15) is 31.1 Å². The molecular formula is C15H17BF6O2. The van der Waals surface area contributed by atoms with Gasteiger partial charge in [0, 0.05) is 0 Å². The first-order valence-corrected chi connectivity index (χ1v) is 7.35. The molecule has 0 amide bonds. The van der Waals surface area contributed by atoms with Crippen molar-refractivity contribution >= 4 is 13.8 Å². The summed E-state index contributed by atoms with van der Waals surface area (Å²) in [4.78, 5) is 12.1. The molecular weight excluding hydrogens is 337 g/mol. The summed E-state index contributed by atoms with van der Waals surface area (Å²) in [5.74, 6) is -1.20. The Morgan fingerprint density at radius 1 is 1.00 bits per heavy atom. The van der Waals surface area contributed by atoms with Gasteiger partial charge >= 0.3 is 18.3 Å². The van der Waals surface area contributed by atoms with Gasteiger partial charge in [-0.3, -0.25) is 0 Å². The molecule has 0 aromatic heterocycles. The van der Waals surface area contributed by atoms with Crippen LogP contribution in [0.3, 0.4) is 0 Å². The summed E-state index contributed by atoms with van der Waals surface area (Å²) in [6.07, 6.45) is -8.53. The van der Waals surface area contributed by atoms with Gasteiger partial charge in [0.1, 0.15) is 0 Å². The molecule has 0 aliphatic carbocycles. The molecule has 0 fully saturated rings. The molecule has 0 N–H and O–H groups in total. The van der Waals surface area contributed by atoms with Crippen LogP contribution < -0.4 is 0 Å². The summed E-state index contributed by atoms with van der Waals surface area (Å²) in [6, 6.07) is 0.723. The standard InChI is InChI=1S/C15H17BF6O2/c1-3-5-13(16,4-2)24-12(23)9-6-10(14(17,18)19)8-11(7-9)15(20,21)22/h6-8H,3-5,16H2,1-2H3. The first kappa shape index (κ1) is 20.4. The Balaban J connectivity index is 3.29. The molecule has 0 bridgehead atoms. The minimum atomic E-state index is -5.01. The number of alkyl halides is 6. The number of carbonyl (C=O) groups excluding carboxylic acids is 1. The van der Waals surface area contributed by atoms with Gasteiger partial charge in [0.15, 0.2) is 7.85 Å². The normalized spacial score (nSPS) is 15.0. The number of benzene rings is 1. The van der Waals surface area contributed by atoms with Crippen molar-refractivity contribution in [1.82, 2.24) is 0 Å². The second-order valence-corrected chi connectivity index (χ2v) is 5.74. The van der Waals surface area contributed by atoms with Crippen LogP contribution in [-0.2, 0) is 17.1 Å². The number of ether oxygens (including phenoxy) is 1. The smallest absolute Gasteiger partial charge is 0.416 e. The largest absolute Gasteiger partial charge is 0.465 e. The highest BCUT2D eigenvalue weighted by Gasteiger charge is 2.38. The van der Waals surface area contributed by atoms with Crippen molar-refractivity contribution < 1.29 is 35.9 Å². The number of halogens is 6. The maximum atomic E-state index is 12.8. The predicted octanol–water partition coefficient (Wildman–Crippen LogP) is 4.42. The van der Waals surface area contributed by atoms with Crippen LogP contribution in [0.5, 0.6) is 0 Å². The molecule has 134 valence electrons. The summed E-state index contributed by atoms with van der Waals surface area (Å²) in [5, 5.41) is 0. The Morgan fingerprint density at radius 3 is 1.79 bits per heavy atom. The predicted molar refractivity (Wildman–Crippen MR) is 78.3 cm³/mol. The van der Waals surface area contributed by atoms with Gasteiger partial charge in [0.05, 0.1) is 22.2 Å². The molecule has 0 saturated carbocycles. The van der Waals surface area contributed by atoms with Gasteiger partial charge in [0.2, 0.25) is 0 Å². The van der Waals surface area contributed by atoms with Crippen molar-refractivity contribution in [2.45, 2.75) is 51.0 Å². The van der Waals surface area contributed by atoms with E-state index in [-0.39, 0.29) is 6.07 Å². The molecule has 0 radical (unpaired) electrons. The van der Waals surface area contributed by atoms with Crippen LogP contribution in [0.2, 0.25) is 0 Å². The Hall–Kier alpha value is -1.67. The second-order valence-electron chi connectivity index (χ2n) is 5.74. The Labute approximate surface area is 136 Å². The van der Waals surface area contributed by atoms with Crippen LogP contribution in [0.1, 0.15) is 54.6 Å². The molecule has 1 aromatic rings. The van der Waals surface area contributed by atoms with Gasteiger partial charge in [-0.1, -0.05) is 20.3 Å². The van der Waals surface area contributed by atoms with Crippen LogP contribution >= 0.6 is 0 Å². The molecule has 1 atom stereocenters. The number of rotatable bonds is 5. The molecule has 1 rings (SSSR count). The minimum Gasteiger partial charge on any atom is -0.465 e. The molecule has 9 heteroatoms. The van der Waals surface area contributed by atoms with Crippen LogP contribution in [-0.4, -0.2) is 19.3 Å². The zero-order valence-electron chi connectivity index (χ0n) is 13.4. The fourth-order valence-electron chi connectivity index (χ4n) is 2.18. The number of esters is 1. The van der Waals surface area contributed by atoms with E-state index in [0.717, 1.165) is 0 Å². The molecule has 1 unspecified atom stereocenters. The lowest BCUT2D eigenvalue weighted by Crippen LogP contribution is -2.35. The average molecular weight is 354 g/mol. The molecule has 0 aliphatic rings. The first-order chi connectivity index (χ1) is 10.8. The highest BCUT2D eigenvalue weighted by atomic mass is 19.4. The van der Waals surface area contributed by atoms with Gasteiger partial charge in [-0.15, -0.1) is 0 Å². The highest BCUT2D eigenvalue weighted by Crippen LogP contribution is 2.36. The Bertz CT molecular complexity index is 564. The van der Waals surface area contributed by atoms with Crippen LogP contribution in [0.15, 0.2) is 18.2 Å². The van der Waals surface area contributed by atoms with Crippen molar-refractivity contribution in [3.05, 3.63) is 34.9 Å². The van der Waals surface area contributed by atoms with Crippen molar-refractivity contribution in [2.24, 2.45) is 0 Å². The zero-order valence-corrected chi connectivity index (χ0v) is 13.4. The lowest BCUT2D eigenvalue weighted by Gasteiger charge is -2.28. The quantitative estimate of drug-likeness (QED) is 0.445. The van der Waals surface area contributed by atoms with Gasteiger partial charge in [-0.2, -0.15) is 26.3 Å². The Morgan fingerprint density at radius 2 is 1.46 bits per heavy atom. The zero-order chi connectivity index (χ0) is 18.8. The maximum absolute atomic E-state index is 12.8. The van der Waals surface area contributed by atoms with Crippen LogP contribution in [0.4, 0.5) is 26.3 Å². The molecule has 0 saturated heterocycles. The maximum Gasteiger partial charge on any atom is 0.416 e. The molecule has 24 heavy (non-hydrogen) atoms. The molecule has 0 spiro atoms. The fraction of sp³-hybridized carbons (Fsp3) is 0.533. The van der Waals surface area contributed by atoms with E-state index in [1.807, 2.05) is 6.92 Å². The number of hydrogen-bond donors (Lipinski definition) is 0. The lowest BCUT2D eigenvalue weighted by atomic mass is 9.75. The van der Waals surface area contributed by atoms with Gasteiger partial charge in [-0.05, 0) is 31.0 Å². The number of carbonyl (C=O) groups is 1. The van der Waals surface area contributed by atoms with Crippen molar-refractivity contribution in [2.75, 3.05) is 0 Å². The van der Waals surface area contributed by atoms with E-state index in [1.54, 1.807) is 14.8 Å². The lowest BCUT2D eigenvalue weighted by molar-refractivity contribution is -0.143. The summed E-state index contributed by atoms with van der Waals surface area (Å²) in [7, 11) is 1.59. The fourth-order valence-corrected chi connectivity index (χ4v) is 2.18. The third-order valence-electron chi connectivity index (χ3n) is 3.69. The summed E-state index contributed by atoms with van der Waals surface area (Å²) < 4.78 is 82.0. The van der Waals surface area contributed by atoms with Crippen molar-refractivity contribution in [3.63, 3.8) is 0 Å². The average Bonchev–Trinajstić information content (AvgIpc) is 2.45. The SMILES string of the molecule is BC(CC)(CCC)OC(=O)c1cc(C(F)(F)F)cc(C(F)(F)F)c1. The third-order valence-corrected chi connectivity index (χ3v) is 3.69. The first-order valence-electron chi connectivity index (χ1n) is 7.35. The number of hydrogen-bond acceptors (Lipinski definition) is 2. The molecule has 2 nitrogen and oxygen atoms in total. The van der Waals surface area contributed by atoms with Crippen LogP contribution in [0, 0.1) is 0 Å². The third kappa shape index (κ3) is 5.17. The Kier molecular flexibility index (Phi) is 6.00. The monoisotopic (exact) mass is 354 g/mol. The van der Waals surface area contributed by atoms with E-state index in [4.69, 9.17) is 4.74 Å². The van der Waals surface area contributed by atoms with Crippen LogP contribution in [0.25, 0.3) is 0 Å². The summed E-state index contributed by atoms with van der Waals surface area (Å²) >= 11 is 0.